The minimum atomic E-state index is 0.553. The van der Waals surface area contributed by atoms with E-state index in [9.17, 15) is 0 Å². The van der Waals surface area contributed by atoms with E-state index < -0.39 is 0 Å². The standard InChI is InChI=1S/C14H8N6/c15-19-17-13-7-3-11(4-8-13)1-2-12-5-9-14(10-6-12)18-20-16/h3-10H. The lowest BCUT2D eigenvalue weighted by Gasteiger charge is -2.02. The predicted octanol–water partition coefficient (Wildman–Crippen LogP) is 3.43. The highest BCUT2D eigenvalue weighted by atomic mass is 15.3. The molecule has 0 fully saturated rings. The monoisotopic (exact) mass is 260 g/mol. The second-order valence-corrected chi connectivity index (χ2v) is 3.72. The SMILES string of the molecule is N#[N+]N=C1C=CC(=C=C=C2C=CC(=NN=[N-])C=C2)C=C1. The Morgan fingerprint density at radius 1 is 0.850 bits per heavy atom. The Kier molecular flexibility index (Phi) is 4.26. The van der Waals surface area contributed by atoms with Gasteiger partial charge in [-0.25, -0.2) is 0 Å². The minimum absolute atomic E-state index is 0.553. The second-order valence-electron chi connectivity index (χ2n) is 3.72. The largest absolute Gasteiger partial charge is 0.362 e. The van der Waals surface area contributed by atoms with Crippen molar-refractivity contribution in [2.75, 3.05) is 0 Å². The van der Waals surface area contributed by atoms with Crippen LogP contribution < -0.4 is 0 Å². The summed E-state index contributed by atoms with van der Waals surface area (Å²) in [6.07, 6.45) is 13.9. The highest BCUT2D eigenvalue weighted by Crippen LogP contribution is 2.08. The molecule has 0 aliphatic heterocycles. The lowest BCUT2D eigenvalue weighted by molar-refractivity contribution is 1.22. The normalized spacial score (nSPS) is 15.6. The highest BCUT2D eigenvalue weighted by Gasteiger charge is 2.00. The van der Waals surface area contributed by atoms with E-state index >= 15 is 0 Å². The molecule has 0 saturated carbocycles. The number of nitrogens with zero attached hydrogens (tertiary/aromatic N) is 6. The van der Waals surface area contributed by atoms with Crippen LogP contribution in [-0.4, -0.2) is 11.4 Å². The van der Waals surface area contributed by atoms with E-state index in [-0.39, 0.29) is 0 Å². The van der Waals surface area contributed by atoms with Crippen molar-refractivity contribution in [1.82, 2.24) is 0 Å². The Morgan fingerprint density at radius 3 is 1.80 bits per heavy atom. The van der Waals surface area contributed by atoms with Crippen LogP contribution >= 0.6 is 0 Å². The van der Waals surface area contributed by atoms with E-state index in [1.54, 1.807) is 48.6 Å². The van der Waals surface area contributed by atoms with Crippen LogP contribution in [0.25, 0.3) is 10.6 Å². The molecule has 0 amide bonds. The number of diazo groups is 1. The molecule has 2 aliphatic rings. The van der Waals surface area contributed by atoms with Crippen LogP contribution in [0.15, 0.2) is 86.6 Å². The molecule has 0 N–H and O–H groups in total. The van der Waals surface area contributed by atoms with E-state index in [0.29, 0.717) is 11.4 Å². The van der Waals surface area contributed by atoms with Crippen LogP contribution in [0.1, 0.15) is 0 Å². The van der Waals surface area contributed by atoms with Gasteiger partial charge in [0.25, 0.3) is 5.39 Å². The zero-order valence-corrected chi connectivity index (χ0v) is 10.3. The molecule has 94 valence electrons. The number of hydrogen-bond acceptors (Lipinski definition) is 3. The highest BCUT2D eigenvalue weighted by molar-refractivity contribution is 6.06. The van der Waals surface area contributed by atoms with Gasteiger partial charge in [-0.2, -0.15) is 0 Å². The summed E-state index contributed by atoms with van der Waals surface area (Å²) in [7, 11) is 0. The molecule has 0 bridgehead atoms. The number of rotatable bonds is 1. The third-order valence-electron chi connectivity index (χ3n) is 2.41. The van der Waals surface area contributed by atoms with Crippen LogP contribution in [0.4, 0.5) is 0 Å². The maximum atomic E-state index is 8.30. The van der Waals surface area contributed by atoms with Gasteiger partial charge in [-0.15, -0.1) is 0 Å². The summed E-state index contributed by atoms with van der Waals surface area (Å²) in [5, 5.41) is 20.7. The Labute approximate surface area is 115 Å². The third kappa shape index (κ3) is 3.56. The molecule has 2 rings (SSSR count). The van der Waals surface area contributed by atoms with Gasteiger partial charge in [-0.1, -0.05) is 23.6 Å². The number of hydrogen-bond donors (Lipinski definition) is 0. The average Bonchev–Trinajstić information content (AvgIpc) is 2.49. The molecule has 0 heterocycles. The predicted molar refractivity (Wildman–Crippen MR) is 76.4 cm³/mol. The quantitative estimate of drug-likeness (QED) is 0.307. The van der Waals surface area contributed by atoms with E-state index in [1.165, 1.54) is 0 Å². The summed E-state index contributed by atoms with van der Waals surface area (Å²) in [6, 6.07) is 0. The molecule has 0 aromatic carbocycles. The van der Waals surface area contributed by atoms with Crippen LogP contribution in [0.2, 0.25) is 0 Å². The van der Waals surface area contributed by atoms with Crippen molar-refractivity contribution < 1.29 is 0 Å². The lowest BCUT2D eigenvalue weighted by Crippen LogP contribution is -1.91. The second kappa shape index (κ2) is 6.53. The maximum Gasteiger partial charge on any atom is 0.339 e. The first kappa shape index (κ1) is 13.1. The summed E-state index contributed by atoms with van der Waals surface area (Å²) in [5.41, 5.74) is 17.0. The van der Waals surface area contributed by atoms with Gasteiger partial charge in [-0.05, 0) is 42.2 Å². The molecule has 0 aromatic heterocycles. The van der Waals surface area contributed by atoms with Gasteiger partial charge in [0.15, 0.2) is 10.8 Å². The van der Waals surface area contributed by atoms with E-state index in [4.69, 9.17) is 10.9 Å². The first-order valence-electron chi connectivity index (χ1n) is 5.64. The molecule has 0 saturated heterocycles. The van der Waals surface area contributed by atoms with Gasteiger partial charge in [-0.3, -0.25) is 5.22 Å². The molecule has 6 heteroatoms. The van der Waals surface area contributed by atoms with Crippen molar-refractivity contribution in [1.29, 1.82) is 5.39 Å². The van der Waals surface area contributed by atoms with Crippen molar-refractivity contribution >= 4 is 11.4 Å². The molecule has 0 radical (unpaired) electrons. The molecule has 0 spiro atoms. The Morgan fingerprint density at radius 2 is 1.35 bits per heavy atom. The minimum Gasteiger partial charge on any atom is -0.362 e. The summed E-state index contributed by atoms with van der Waals surface area (Å²) in [5.74, 6) is 0. The van der Waals surface area contributed by atoms with Crippen LogP contribution in [0.3, 0.4) is 0 Å². The summed E-state index contributed by atoms with van der Waals surface area (Å²) in [4.78, 5) is 0. The fourth-order valence-electron chi connectivity index (χ4n) is 1.47. The third-order valence-corrected chi connectivity index (χ3v) is 2.41. The molecule has 0 atom stereocenters. The van der Waals surface area contributed by atoms with Gasteiger partial charge < -0.3 is 10.6 Å². The lowest BCUT2D eigenvalue weighted by atomic mass is 10.1. The zero-order chi connectivity index (χ0) is 14.2. The van der Waals surface area contributed by atoms with Crippen molar-refractivity contribution in [3.05, 3.63) is 81.8 Å². The summed E-state index contributed by atoms with van der Waals surface area (Å²) < 4.78 is 0. The topological polar surface area (TPSA) is 87.5 Å². The smallest absolute Gasteiger partial charge is 0.339 e. The molecule has 20 heavy (non-hydrogen) atoms. The maximum absolute atomic E-state index is 8.30. The van der Waals surface area contributed by atoms with Gasteiger partial charge in [0.1, 0.15) is 0 Å². The molecule has 2 aliphatic carbocycles. The Balaban J connectivity index is 2.23. The van der Waals surface area contributed by atoms with Gasteiger partial charge in [0.05, 0.1) is 0 Å². The van der Waals surface area contributed by atoms with E-state index in [1.807, 2.05) is 0 Å². The van der Waals surface area contributed by atoms with Crippen molar-refractivity contribution in [3.63, 3.8) is 0 Å². The molecular weight excluding hydrogens is 252 g/mol. The first-order chi connectivity index (χ1) is 9.81. The van der Waals surface area contributed by atoms with Gasteiger partial charge in [0.2, 0.25) is 0 Å². The van der Waals surface area contributed by atoms with Crippen molar-refractivity contribution in [3.8, 4) is 0 Å². The van der Waals surface area contributed by atoms with Crippen molar-refractivity contribution in [2.45, 2.75) is 0 Å². The zero-order valence-electron chi connectivity index (χ0n) is 10.3. The summed E-state index contributed by atoms with van der Waals surface area (Å²) in [6.45, 7) is 0. The van der Waals surface area contributed by atoms with Crippen LogP contribution in [0.5, 0.6) is 0 Å². The Hall–Kier alpha value is -3.38. The average molecular weight is 260 g/mol. The molecular formula is C14H8N6. The molecule has 6 nitrogen and oxygen atoms in total. The van der Waals surface area contributed by atoms with Gasteiger partial charge >= 0.3 is 5.08 Å². The number of allylic oxidation sites excluding steroid dienone is 10. The molecule has 0 aromatic rings. The van der Waals surface area contributed by atoms with Crippen LogP contribution in [0, 0.1) is 5.39 Å². The van der Waals surface area contributed by atoms with Crippen LogP contribution in [-0.2, 0) is 0 Å². The van der Waals surface area contributed by atoms with Crippen molar-refractivity contribution in [2.24, 2.45) is 15.4 Å². The first-order valence-corrected chi connectivity index (χ1v) is 5.64. The van der Waals surface area contributed by atoms with E-state index in [0.717, 1.165) is 11.1 Å². The van der Waals surface area contributed by atoms with E-state index in [2.05, 4.69) is 32.0 Å². The van der Waals surface area contributed by atoms with Gasteiger partial charge in [0, 0.05) is 11.1 Å². The fourth-order valence-corrected chi connectivity index (χ4v) is 1.47. The summed E-state index contributed by atoms with van der Waals surface area (Å²) >= 11 is 0. The Bertz CT molecular complexity index is 716. The molecule has 0 unspecified atom stereocenters. The fraction of sp³-hybridized carbons (Fsp3) is 0.